The number of hydrogen-bond acceptors (Lipinski definition) is 4. The Morgan fingerprint density at radius 2 is 1.93 bits per heavy atom. The van der Waals surface area contributed by atoms with Crippen LogP contribution < -0.4 is 0 Å². The Kier molecular flexibility index (Phi) is 1.79. The van der Waals surface area contributed by atoms with E-state index in [2.05, 4.69) is 4.74 Å². The summed E-state index contributed by atoms with van der Waals surface area (Å²) >= 11 is 0. The first kappa shape index (κ1) is 8.77. The van der Waals surface area contributed by atoms with E-state index in [-0.39, 0.29) is 0 Å². The Balaban J connectivity index is 2.24. The number of carbonyl (C=O) groups is 1. The first-order chi connectivity index (χ1) is 6.63. The summed E-state index contributed by atoms with van der Waals surface area (Å²) in [5.41, 5.74) is 0.682. The lowest BCUT2D eigenvalue weighted by Gasteiger charge is -1.98. The smallest absolute Gasteiger partial charge is 0.391 e. The van der Waals surface area contributed by atoms with Crippen molar-refractivity contribution in [1.29, 1.82) is 0 Å². The molecule has 14 heavy (non-hydrogen) atoms. The number of epoxide rings is 1. The van der Waals surface area contributed by atoms with Crippen molar-refractivity contribution >= 4 is 12.0 Å². The molecule has 1 fully saturated rings. The fourth-order valence-corrected chi connectivity index (χ4v) is 1.07. The van der Waals surface area contributed by atoms with Crippen molar-refractivity contribution in [3.63, 3.8) is 0 Å². The molecule has 1 aliphatic heterocycles. The summed E-state index contributed by atoms with van der Waals surface area (Å²) in [6, 6.07) is 8.83. The van der Waals surface area contributed by atoms with Crippen molar-refractivity contribution in [3.8, 4) is 0 Å². The molecule has 1 saturated heterocycles. The van der Waals surface area contributed by atoms with Crippen LogP contribution in [0.2, 0.25) is 0 Å². The molecule has 0 radical (unpaired) electrons. The molecule has 0 bridgehead atoms. The van der Waals surface area contributed by atoms with Crippen LogP contribution in [0.4, 0.5) is 0 Å². The Hall–Kier alpha value is -1.81. The molecular formula is C10H8O4. The van der Waals surface area contributed by atoms with Crippen molar-refractivity contribution in [2.45, 2.75) is 5.79 Å². The summed E-state index contributed by atoms with van der Waals surface area (Å²) in [6.45, 7) is 0. The summed E-state index contributed by atoms with van der Waals surface area (Å²) in [5, 5.41) is 18.6. The lowest BCUT2D eigenvalue weighted by atomic mass is 10.1. The van der Waals surface area contributed by atoms with Gasteiger partial charge in [0, 0.05) is 0 Å². The maximum Gasteiger partial charge on any atom is 0.391 e. The molecule has 1 unspecified atom stereocenters. The van der Waals surface area contributed by atoms with Crippen molar-refractivity contribution in [1.82, 2.24) is 0 Å². The van der Waals surface area contributed by atoms with Crippen molar-refractivity contribution in [2.75, 3.05) is 0 Å². The molecule has 1 aromatic rings. The molecule has 72 valence electrons. The highest BCUT2D eigenvalue weighted by Crippen LogP contribution is 2.33. The predicted molar refractivity (Wildman–Crippen MR) is 48.1 cm³/mol. The van der Waals surface area contributed by atoms with Crippen LogP contribution >= 0.6 is 0 Å². The van der Waals surface area contributed by atoms with E-state index in [4.69, 9.17) is 0 Å². The fourth-order valence-electron chi connectivity index (χ4n) is 1.07. The van der Waals surface area contributed by atoms with Crippen molar-refractivity contribution < 1.29 is 19.7 Å². The van der Waals surface area contributed by atoms with Gasteiger partial charge in [0.1, 0.15) is 0 Å². The van der Waals surface area contributed by atoms with E-state index in [0.717, 1.165) is 0 Å². The summed E-state index contributed by atoms with van der Waals surface area (Å²) < 4.78 is 4.24. The van der Waals surface area contributed by atoms with Crippen LogP contribution in [0.1, 0.15) is 5.56 Å². The summed E-state index contributed by atoms with van der Waals surface area (Å²) in [5.74, 6) is -3.42. The van der Waals surface area contributed by atoms with E-state index in [1.807, 2.05) is 6.07 Å². The molecule has 0 aromatic heterocycles. The Labute approximate surface area is 80.1 Å². The minimum Gasteiger partial charge on any atom is -0.505 e. The minimum absolute atomic E-state index is 0.492. The van der Waals surface area contributed by atoms with Crippen molar-refractivity contribution in [3.05, 3.63) is 41.7 Å². The molecule has 0 amide bonds. The second-order valence-corrected chi connectivity index (χ2v) is 2.97. The summed E-state index contributed by atoms with van der Waals surface area (Å²) in [7, 11) is 0. The van der Waals surface area contributed by atoms with Gasteiger partial charge in [-0.3, -0.25) is 0 Å². The highest BCUT2D eigenvalue weighted by Gasteiger charge is 2.61. The van der Waals surface area contributed by atoms with Gasteiger partial charge in [0.15, 0.2) is 5.76 Å². The third kappa shape index (κ3) is 1.36. The van der Waals surface area contributed by atoms with E-state index >= 15 is 0 Å². The van der Waals surface area contributed by atoms with Gasteiger partial charge in [-0.25, -0.2) is 4.79 Å². The zero-order valence-electron chi connectivity index (χ0n) is 7.18. The van der Waals surface area contributed by atoms with Gasteiger partial charge in [-0.1, -0.05) is 30.3 Å². The maximum absolute atomic E-state index is 10.6. The van der Waals surface area contributed by atoms with Crippen LogP contribution in [0.15, 0.2) is 36.1 Å². The second kappa shape index (κ2) is 2.85. The van der Waals surface area contributed by atoms with Crippen LogP contribution in [-0.4, -0.2) is 22.0 Å². The highest BCUT2D eigenvalue weighted by molar-refractivity contribution is 5.95. The molecular weight excluding hydrogens is 184 g/mol. The number of aliphatic hydroxyl groups excluding tert-OH is 1. The lowest BCUT2D eigenvalue weighted by Crippen LogP contribution is -2.14. The normalized spacial score (nSPS) is 25.8. The van der Waals surface area contributed by atoms with Gasteiger partial charge < -0.3 is 14.9 Å². The summed E-state index contributed by atoms with van der Waals surface area (Å²) in [6.07, 6.45) is 1.28. The molecule has 4 heteroatoms. The molecule has 1 aromatic carbocycles. The fraction of sp³-hybridized carbons (Fsp3) is 0.100. The molecule has 1 heterocycles. The lowest BCUT2D eigenvalue weighted by molar-refractivity contribution is -0.118. The number of rotatable bonds is 2. The SMILES string of the molecule is O=C1OC1(O)C(O)=Cc1ccccc1. The number of carbonyl (C=O) groups excluding carboxylic acids is 1. The van der Waals surface area contributed by atoms with Gasteiger partial charge in [-0.2, -0.15) is 0 Å². The second-order valence-electron chi connectivity index (χ2n) is 2.97. The molecule has 0 saturated carbocycles. The third-order valence-corrected chi connectivity index (χ3v) is 1.93. The molecule has 0 aliphatic carbocycles. The molecule has 2 rings (SSSR count). The average molecular weight is 192 g/mol. The highest BCUT2D eigenvalue weighted by atomic mass is 16.8. The van der Waals surface area contributed by atoms with Gasteiger partial charge in [0.25, 0.3) is 0 Å². The topological polar surface area (TPSA) is 70.1 Å². The molecule has 4 nitrogen and oxygen atoms in total. The third-order valence-electron chi connectivity index (χ3n) is 1.93. The predicted octanol–water partition coefficient (Wildman–Crippen LogP) is 0.831. The maximum atomic E-state index is 10.6. The number of benzene rings is 1. The zero-order valence-corrected chi connectivity index (χ0v) is 7.18. The Morgan fingerprint density at radius 3 is 2.43 bits per heavy atom. The van der Waals surface area contributed by atoms with E-state index in [9.17, 15) is 15.0 Å². The quantitative estimate of drug-likeness (QED) is 0.538. The Morgan fingerprint density at radius 1 is 1.36 bits per heavy atom. The van der Waals surface area contributed by atoms with Gasteiger partial charge in [-0.05, 0) is 11.6 Å². The van der Waals surface area contributed by atoms with Crippen molar-refractivity contribution in [2.24, 2.45) is 0 Å². The average Bonchev–Trinajstić information content (AvgIpc) is 2.78. The van der Waals surface area contributed by atoms with Crippen LogP contribution in [0.3, 0.4) is 0 Å². The molecule has 1 atom stereocenters. The van der Waals surface area contributed by atoms with Crippen LogP contribution in [-0.2, 0) is 9.53 Å². The number of hydrogen-bond donors (Lipinski definition) is 2. The molecule has 2 N–H and O–H groups in total. The number of ether oxygens (including phenoxy) is 1. The first-order valence-corrected chi connectivity index (χ1v) is 4.05. The largest absolute Gasteiger partial charge is 0.505 e. The Bertz CT molecular complexity index is 396. The number of aliphatic hydroxyl groups is 2. The van der Waals surface area contributed by atoms with Crippen LogP contribution in [0.25, 0.3) is 6.08 Å². The molecule has 1 aliphatic rings. The zero-order chi connectivity index (χ0) is 10.2. The van der Waals surface area contributed by atoms with Gasteiger partial charge in [0.05, 0.1) is 0 Å². The number of cyclic esters (lactones) is 1. The van der Waals surface area contributed by atoms with Gasteiger partial charge in [0.2, 0.25) is 0 Å². The molecule has 0 spiro atoms. The monoisotopic (exact) mass is 192 g/mol. The van der Waals surface area contributed by atoms with Crippen LogP contribution in [0, 0.1) is 0 Å². The van der Waals surface area contributed by atoms with E-state index in [0.29, 0.717) is 5.56 Å². The first-order valence-electron chi connectivity index (χ1n) is 4.05. The van der Waals surface area contributed by atoms with E-state index in [1.54, 1.807) is 24.3 Å². The van der Waals surface area contributed by atoms with Gasteiger partial charge in [-0.15, -0.1) is 0 Å². The summed E-state index contributed by atoms with van der Waals surface area (Å²) in [4.78, 5) is 10.6. The standard InChI is InChI=1S/C10H8O4/c11-8(10(13)9(12)14-10)6-7-4-2-1-3-5-7/h1-6,11,13H. The van der Waals surface area contributed by atoms with Gasteiger partial charge >= 0.3 is 11.8 Å². The van der Waals surface area contributed by atoms with Crippen LogP contribution in [0.5, 0.6) is 0 Å². The minimum atomic E-state index is -2.10. The van der Waals surface area contributed by atoms with E-state index in [1.165, 1.54) is 6.08 Å². The van der Waals surface area contributed by atoms with E-state index < -0.39 is 17.5 Å².